The summed E-state index contributed by atoms with van der Waals surface area (Å²) in [6.45, 7) is 0.719. The highest BCUT2D eigenvalue weighted by Crippen LogP contribution is 2.42. The number of Topliss-reactive ketones (excluding diaryl/α,β-unsaturated/α-hetero) is 1. The minimum Gasteiger partial charge on any atom is -0.507 e. The van der Waals surface area contributed by atoms with Crippen LogP contribution in [0.1, 0.15) is 23.6 Å². The van der Waals surface area contributed by atoms with Gasteiger partial charge in [-0.3, -0.25) is 9.59 Å². The molecule has 0 spiro atoms. The lowest BCUT2D eigenvalue weighted by molar-refractivity contribution is -0.140. The van der Waals surface area contributed by atoms with Gasteiger partial charge < -0.3 is 14.7 Å². The molecule has 7 heteroatoms. The lowest BCUT2D eigenvalue weighted by Crippen LogP contribution is -2.31. The summed E-state index contributed by atoms with van der Waals surface area (Å²) < 4.78 is 5.06. The number of methoxy groups -OCH3 is 1. The van der Waals surface area contributed by atoms with Crippen molar-refractivity contribution < 1.29 is 19.4 Å². The highest BCUT2D eigenvalue weighted by Gasteiger charge is 2.46. The number of rotatable bonds is 6. The van der Waals surface area contributed by atoms with Crippen molar-refractivity contribution in [2.24, 2.45) is 0 Å². The van der Waals surface area contributed by atoms with Gasteiger partial charge in [0.05, 0.1) is 11.6 Å². The van der Waals surface area contributed by atoms with E-state index in [1.165, 1.54) is 4.90 Å². The van der Waals surface area contributed by atoms with Gasteiger partial charge in [-0.05, 0) is 24.1 Å². The lowest BCUT2D eigenvalue weighted by Gasteiger charge is -2.26. The molecule has 0 radical (unpaired) electrons. The van der Waals surface area contributed by atoms with Crippen LogP contribution in [0, 0.1) is 0 Å². The number of benzene rings is 2. The third-order valence-corrected chi connectivity index (χ3v) is 5.15. The van der Waals surface area contributed by atoms with Crippen LogP contribution >= 0.6 is 23.2 Å². The van der Waals surface area contributed by atoms with E-state index < -0.39 is 17.7 Å². The molecule has 1 aliphatic heterocycles. The molecule has 0 bridgehead atoms. The van der Waals surface area contributed by atoms with Crippen molar-refractivity contribution in [2.45, 2.75) is 12.5 Å². The van der Waals surface area contributed by atoms with Gasteiger partial charge in [0.15, 0.2) is 0 Å². The fourth-order valence-electron chi connectivity index (χ4n) is 3.29. The molecule has 0 aromatic heterocycles. The van der Waals surface area contributed by atoms with Crippen LogP contribution in [0.15, 0.2) is 54.1 Å². The summed E-state index contributed by atoms with van der Waals surface area (Å²) in [4.78, 5) is 27.0. The normalized spacial score (nSPS) is 18.7. The molecule has 0 aliphatic carbocycles. The summed E-state index contributed by atoms with van der Waals surface area (Å²) in [6, 6.07) is 12.7. The summed E-state index contributed by atoms with van der Waals surface area (Å²) in [5, 5.41) is 11.6. The highest BCUT2D eigenvalue weighted by atomic mass is 35.5. The third-order valence-electron chi connectivity index (χ3n) is 4.59. The van der Waals surface area contributed by atoms with Crippen LogP contribution in [-0.2, 0) is 14.3 Å². The Labute approximate surface area is 173 Å². The number of likely N-dealkylation sites (tertiary alicyclic amines) is 1. The number of ketones is 1. The van der Waals surface area contributed by atoms with Crippen LogP contribution in [0.4, 0.5) is 0 Å². The van der Waals surface area contributed by atoms with Crippen molar-refractivity contribution in [2.75, 3.05) is 20.3 Å². The van der Waals surface area contributed by atoms with Crippen molar-refractivity contribution in [3.8, 4) is 0 Å². The maximum Gasteiger partial charge on any atom is 0.295 e. The topological polar surface area (TPSA) is 66.8 Å². The maximum atomic E-state index is 12.8. The van der Waals surface area contributed by atoms with Crippen LogP contribution in [0.3, 0.4) is 0 Å². The van der Waals surface area contributed by atoms with Crippen LogP contribution in [0.2, 0.25) is 10.0 Å². The monoisotopic (exact) mass is 419 g/mol. The first kappa shape index (κ1) is 20.4. The Bertz CT molecular complexity index is 927. The number of amides is 1. The SMILES string of the molecule is COCCCN1C(=O)C(=O)C(=C(O)c2ccccc2)C1c1ccc(Cl)cc1Cl. The van der Waals surface area contributed by atoms with Gasteiger partial charge in [-0.15, -0.1) is 0 Å². The van der Waals surface area contributed by atoms with E-state index in [-0.39, 0.29) is 17.9 Å². The van der Waals surface area contributed by atoms with E-state index in [0.717, 1.165) is 0 Å². The third kappa shape index (κ3) is 3.92. The molecule has 1 saturated heterocycles. The number of ether oxygens (including phenoxy) is 1. The van der Waals surface area contributed by atoms with Crippen molar-refractivity contribution in [1.82, 2.24) is 4.90 Å². The number of carbonyl (C=O) groups is 2. The summed E-state index contributed by atoms with van der Waals surface area (Å²) in [5.74, 6) is -1.65. The molecular weight excluding hydrogens is 401 g/mol. The molecule has 1 unspecified atom stereocenters. The molecule has 2 aromatic carbocycles. The van der Waals surface area contributed by atoms with Gasteiger partial charge in [-0.25, -0.2) is 0 Å². The average Bonchev–Trinajstić information content (AvgIpc) is 2.93. The van der Waals surface area contributed by atoms with Crippen LogP contribution in [0.25, 0.3) is 5.76 Å². The van der Waals surface area contributed by atoms with Gasteiger partial charge in [0.1, 0.15) is 5.76 Å². The van der Waals surface area contributed by atoms with Crippen LogP contribution in [-0.4, -0.2) is 42.0 Å². The number of hydrogen-bond donors (Lipinski definition) is 1. The Morgan fingerprint density at radius 2 is 1.86 bits per heavy atom. The number of halogens is 2. The van der Waals surface area contributed by atoms with Gasteiger partial charge in [-0.2, -0.15) is 0 Å². The zero-order valence-corrected chi connectivity index (χ0v) is 16.7. The second kappa shape index (κ2) is 8.78. The second-order valence-electron chi connectivity index (χ2n) is 6.37. The van der Waals surface area contributed by atoms with Crippen molar-refractivity contribution >= 4 is 40.7 Å². The van der Waals surface area contributed by atoms with Crippen molar-refractivity contribution in [3.63, 3.8) is 0 Å². The smallest absolute Gasteiger partial charge is 0.295 e. The molecule has 2 aromatic rings. The first-order valence-corrected chi connectivity index (χ1v) is 9.49. The molecule has 28 heavy (non-hydrogen) atoms. The molecular formula is C21H19Cl2NO4. The molecule has 146 valence electrons. The van der Waals surface area contributed by atoms with Crippen LogP contribution in [0.5, 0.6) is 0 Å². The fraction of sp³-hybridized carbons (Fsp3) is 0.238. The van der Waals surface area contributed by atoms with E-state index in [2.05, 4.69) is 0 Å². The van der Waals surface area contributed by atoms with E-state index in [0.29, 0.717) is 34.2 Å². The number of aliphatic hydroxyl groups is 1. The molecule has 3 rings (SSSR count). The predicted molar refractivity (Wildman–Crippen MR) is 108 cm³/mol. The van der Waals surface area contributed by atoms with Gasteiger partial charge >= 0.3 is 0 Å². The zero-order chi connectivity index (χ0) is 20.3. The lowest BCUT2D eigenvalue weighted by atomic mass is 9.95. The first-order valence-electron chi connectivity index (χ1n) is 8.73. The van der Waals surface area contributed by atoms with E-state index in [9.17, 15) is 14.7 Å². The van der Waals surface area contributed by atoms with E-state index in [1.54, 1.807) is 55.6 Å². The second-order valence-corrected chi connectivity index (χ2v) is 7.21. The zero-order valence-electron chi connectivity index (χ0n) is 15.2. The Morgan fingerprint density at radius 1 is 1.14 bits per heavy atom. The maximum absolute atomic E-state index is 12.8. The summed E-state index contributed by atoms with van der Waals surface area (Å²) in [6.07, 6.45) is 0.538. The Morgan fingerprint density at radius 3 is 2.50 bits per heavy atom. The summed E-state index contributed by atoms with van der Waals surface area (Å²) in [7, 11) is 1.57. The summed E-state index contributed by atoms with van der Waals surface area (Å²) in [5.41, 5.74) is 0.991. The molecule has 0 saturated carbocycles. The van der Waals surface area contributed by atoms with Gasteiger partial charge in [0.25, 0.3) is 11.7 Å². The van der Waals surface area contributed by atoms with E-state index in [1.807, 2.05) is 0 Å². The summed E-state index contributed by atoms with van der Waals surface area (Å²) >= 11 is 12.4. The van der Waals surface area contributed by atoms with E-state index >= 15 is 0 Å². The number of carbonyl (C=O) groups excluding carboxylic acids is 2. The predicted octanol–water partition coefficient (Wildman–Crippen LogP) is 4.45. The van der Waals surface area contributed by atoms with E-state index in [4.69, 9.17) is 27.9 Å². The molecule has 1 heterocycles. The number of aliphatic hydroxyl groups excluding tert-OH is 1. The molecule has 1 amide bonds. The molecule has 1 N–H and O–H groups in total. The van der Waals surface area contributed by atoms with Crippen molar-refractivity contribution in [3.05, 3.63) is 75.3 Å². The average molecular weight is 420 g/mol. The molecule has 1 fully saturated rings. The number of hydrogen-bond acceptors (Lipinski definition) is 4. The van der Waals surface area contributed by atoms with Gasteiger partial charge in [0.2, 0.25) is 0 Å². The standard InChI is InChI=1S/C21H19Cl2NO4/c1-28-11-5-10-24-18(15-9-8-14(22)12-16(15)23)17(20(26)21(24)27)19(25)13-6-3-2-4-7-13/h2-4,6-9,12,18,25H,5,10-11H2,1H3. The Balaban J connectivity index is 2.15. The fourth-order valence-corrected chi connectivity index (χ4v) is 3.80. The van der Waals surface area contributed by atoms with Gasteiger partial charge in [0, 0.05) is 35.9 Å². The first-order chi connectivity index (χ1) is 13.5. The molecule has 5 nitrogen and oxygen atoms in total. The highest BCUT2D eigenvalue weighted by molar-refractivity contribution is 6.47. The van der Waals surface area contributed by atoms with Crippen molar-refractivity contribution in [1.29, 1.82) is 0 Å². The largest absolute Gasteiger partial charge is 0.507 e. The molecule has 1 atom stereocenters. The van der Waals surface area contributed by atoms with Gasteiger partial charge in [-0.1, -0.05) is 59.6 Å². The Kier molecular flexibility index (Phi) is 6.39. The minimum absolute atomic E-state index is 0.0119. The minimum atomic E-state index is -0.804. The quantitative estimate of drug-likeness (QED) is 0.325. The molecule has 1 aliphatic rings. The Hall–Kier alpha value is -2.34. The number of nitrogens with zero attached hydrogens (tertiary/aromatic N) is 1. The van der Waals surface area contributed by atoms with Crippen LogP contribution < -0.4 is 0 Å².